The molecule has 0 aromatic heterocycles. The predicted octanol–water partition coefficient (Wildman–Crippen LogP) is 2.47. The number of methoxy groups -OCH3 is 1. The third-order valence-electron chi connectivity index (χ3n) is 2.54. The van der Waals surface area contributed by atoms with Gasteiger partial charge in [-0.1, -0.05) is 30.3 Å². The fourth-order valence-corrected chi connectivity index (χ4v) is 1.66. The van der Waals surface area contributed by atoms with Gasteiger partial charge in [0, 0.05) is 6.54 Å². The molecule has 1 aromatic carbocycles. The topological polar surface area (TPSA) is 64.6 Å². The Balaban J connectivity index is 2.68. The molecule has 0 heterocycles. The molecule has 1 rings (SSSR count). The molecule has 5 heteroatoms. The van der Waals surface area contributed by atoms with Crippen molar-refractivity contribution in [2.75, 3.05) is 13.7 Å². The molecule has 0 radical (unpaired) electrons. The van der Waals surface area contributed by atoms with Crippen molar-refractivity contribution in [1.82, 2.24) is 5.32 Å². The molecule has 1 unspecified atom stereocenters. The number of rotatable bonds is 4. The highest BCUT2D eigenvalue weighted by Gasteiger charge is 2.23. The molecule has 1 N–H and O–H groups in total. The lowest BCUT2D eigenvalue weighted by molar-refractivity contribution is -0.142. The van der Waals surface area contributed by atoms with Gasteiger partial charge >= 0.3 is 12.1 Å². The van der Waals surface area contributed by atoms with E-state index in [4.69, 9.17) is 9.47 Å². The van der Waals surface area contributed by atoms with Crippen LogP contribution >= 0.6 is 0 Å². The molecule has 0 aliphatic rings. The normalized spacial score (nSPS) is 12.4. The van der Waals surface area contributed by atoms with Crippen LogP contribution in [0.25, 0.3) is 0 Å². The van der Waals surface area contributed by atoms with E-state index in [-0.39, 0.29) is 6.54 Å². The first kappa shape index (κ1) is 16.0. The third-order valence-corrected chi connectivity index (χ3v) is 2.54. The highest BCUT2D eigenvalue weighted by Crippen LogP contribution is 2.16. The monoisotopic (exact) mass is 279 g/mol. The third kappa shape index (κ3) is 5.30. The summed E-state index contributed by atoms with van der Waals surface area (Å²) in [6.45, 7) is 5.47. The van der Waals surface area contributed by atoms with E-state index < -0.39 is 23.6 Å². The van der Waals surface area contributed by atoms with Crippen LogP contribution in [0.3, 0.4) is 0 Å². The van der Waals surface area contributed by atoms with Crippen molar-refractivity contribution in [2.24, 2.45) is 0 Å². The van der Waals surface area contributed by atoms with Crippen LogP contribution in [0, 0.1) is 0 Å². The quantitative estimate of drug-likeness (QED) is 0.860. The van der Waals surface area contributed by atoms with Crippen LogP contribution in [0.1, 0.15) is 32.3 Å². The standard InChI is InChI=1S/C15H21NO4/c1-15(2,3)20-14(18)16-10-12(13(17)19-4)11-8-6-5-7-9-11/h5-9,12H,10H2,1-4H3,(H,16,18). The Morgan fingerprint density at radius 2 is 1.80 bits per heavy atom. The predicted molar refractivity (Wildman–Crippen MR) is 75.4 cm³/mol. The lowest BCUT2D eigenvalue weighted by atomic mass is 9.99. The molecule has 110 valence electrons. The molecule has 0 aliphatic carbocycles. The smallest absolute Gasteiger partial charge is 0.407 e. The maximum absolute atomic E-state index is 11.8. The summed E-state index contributed by atoms with van der Waals surface area (Å²) in [5, 5.41) is 2.59. The van der Waals surface area contributed by atoms with Crippen molar-refractivity contribution in [2.45, 2.75) is 32.3 Å². The highest BCUT2D eigenvalue weighted by atomic mass is 16.6. The Labute approximate surface area is 119 Å². The van der Waals surface area contributed by atoms with E-state index in [1.54, 1.807) is 20.8 Å². The first-order valence-electron chi connectivity index (χ1n) is 6.43. The van der Waals surface area contributed by atoms with Crippen LogP contribution in [0.15, 0.2) is 30.3 Å². The molecule has 1 atom stereocenters. The summed E-state index contributed by atoms with van der Waals surface area (Å²) in [5.41, 5.74) is 0.216. The van der Waals surface area contributed by atoms with Gasteiger partial charge in [-0.15, -0.1) is 0 Å². The van der Waals surface area contributed by atoms with Gasteiger partial charge in [0.15, 0.2) is 0 Å². The molecule has 1 aromatic rings. The van der Waals surface area contributed by atoms with Crippen LogP contribution in [-0.4, -0.2) is 31.3 Å². The zero-order valence-corrected chi connectivity index (χ0v) is 12.3. The number of alkyl carbamates (subject to hydrolysis) is 1. The van der Waals surface area contributed by atoms with Crippen molar-refractivity contribution in [3.05, 3.63) is 35.9 Å². The van der Waals surface area contributed by atoms with E-state index >= 15 is 0 Å². The summed E-state index contributed by atoms with van der Waals surface area (Å²) < 4.78 is 9.90. The molecule has 0 saturated heterocycles. The van der Waals surface area contributed by atoms with Gasteiger partial charge in [0.2, 0.25) is 0 Å². The van der Waals surface area contributed by atoms with E-state index in [1.165, 1.54) is 7.11 Å². The van der Waals surface area contributed by atoms with E-state index in [0.717, 1.165) is 5.56 Å². The number of hydrogen-bond acceptors (Lipinski definition) is 4. The molecule has 0 fully saturated rings. The summed E-state index contributed by atoms with van der Waals surface area (Å²) in [6, 6.07) is 9.16. The fourth-order valence-electron chi connectivity index (χ4n) is 1.66. The van der Waals surface area contributed by atoms with Crippen molar-refractivity contribution in [3.8, 4) is 0 Å². The van der Waals surface area contributed by atoms with E-state index in [2.05, 4.69) is 5.32 Å². The zero-order valence-electron chi connectivity index (χ0n) is 12.3. The number of esters is 1. The zero-order chi connectivity index (χ0) is 15.2. The Bertz CT molecular complexity index is 451. The summed E-state index contributed by atoms with van der Waals surface area (Å²) in [4.78, 5) is 23.4. The van der Waals surface area contributed by atoms with Crippen molar-refractivity contribution in [1.29, 1.82) is 0 Å². The van der Waals surface area contributed by atoms with Crippen LogP contribution in [0.2, 0.25) is 0 Å². The SMILES string of the molecule is COC(=O)C(CNC(=O)OC(C)(C)C)c1ccccc1. The van der Waals surface area contributed by atoms with Gasteiger partial charge in [-0.25, -0.2) is 4.79 Å². The van der Waals surface area contributed by atoms with E-state index in [1.807, 2.05) is 30.3 Å². The Kier molecular flexibility index (Phi) is 5.55. The number of benzene rings is 1. The Hall–Kier alpha value is -2.04. The largest absolute Gasteiger partial charge is 0.468 e. The highest BCUT2D eigenvalue weighted by molar-refractivity contribution is 5.79. The number of hydrogen-bond donors (Lipinski definition) is 1. The van der Waals surface area contributed by atoms with Crippen molar-refractivity contribution < 1.29 is 19.1 Å². The van der Waals surface area contributed by atoms with Gasteiger partial charge in [0.25, 0.3) is 0 Å². The van der Waals surface area contributed by atoms with Crippen molar-refractivity contribution >= 4 is 12.1 Å². The molecule has 0 spiro atoms. The van der Waals surface area contributed by atoms with Gasteiger partial charge in [0.1, 0.15) is 5.60 Å². The number of nitrogens with one attached hydrogen (secondary N) is 1. The first-order valence-corrected chi connectivity index (χ1v) is 6.43. The molecule has 5 nitrogen and oxygen atoms in total. The molecular weight excluding hydrogens is 258 g/mol. The second-order valence-electron chi connectivity index (χ2n) is 5.37. The molecule has 20 heavy (non-hydrogen) atoms. The average molecular weight is 279 g/mol. The van der Waals surface area contributed by atoms with E-state index in [9.17, 15) is 9.59 Å². The molecular formula is C15H21NO4. The van der Waals surface area contributed by atoms with Gasteiger partial charge in [0.05, 0.1) is 13.0 Å². The number of amides is 1. The van der Waals surface area contributed by atoms with Crippen LogP contribution in [0.5, 0.6) is 0 Å². The summed E-state index contributed by atoms with van der Waals surface area (Å²) in [5.74, 6) is -0.944. The first-order chi connectivity index (χ1) is 9.33. The summed E-state index contributed by atoms with van der Waals surface area (Å²) in [6.07, 6.45) is -0.553. The summed E-state index contributed by atoms with van der Waals surface area (Å²) >= 11 is 0. The maximum Gasteiger partial charge on any atom is 0.407 e. The minimum atomic E-state index is -0.572. The molecule has 1 amide bonds. The Morgan fingerprint density at radius 3 is 2.30 bits per heavy atom. The molecule has 0 bridgehead atoms. The lowest BCUT2D eigenvalue weighted by Crippen LogP contribution is -2.36. The van der Waals surface area contributed by atoms with E-state index in [0.29, 0.717) is 0 Å². The van der Waals surface area contributed by atoms with Crippen LogP contribution < -0.4 is 5.32 Å². The average Bonchev–Trinajstić information content (AvgIpc) is 2.37. The second kappa shape index (κ2) is 6.93. The minimum absolute atomic E-state index is 0.131. The van der Waals surface area contributed by atoms with Crippen LogP contribution in [-0.2, 0) is 14.3 Å². The number of ether oxygens (including phenoxy) is 2. The van der Waals surface area contributed by atoms with Crippen LogP contribution in [0.4, 0.5) is 4.79 Å². The molecule has 0 aliphatic heterocycles. The number of carbonyl (C=O) groups excluding carboxylic acids is 2. The Morgan fingerprint density at radius 1 is 1.20 bits per heavy atom. The van der Waals surface area contributed by atoms with Gasteiger partial charge < -0.3 is 14.8 Å². The maximum atomic E-state index is 11.8. The minimum Gasteiger partial charge on any atom is -0.468 e. The second-order valence-corrected chi connectivity index (χ2v) is 5.37. The van der Waals surface area contributed by atoms with Gasteiger partial charge in [-0.2, -0.15) is 0 Å². The molecule has 0 saturated carbocycles. The van der Waals surface area contributed by atoms with Gasteiger partial charge in [-0.3, -0.25) is 4.79 Å². The van der Waals surface area contributed by atoms with Gasteiger partial charge in [-0.05, 0) is 26.3 Å². The number of carbonyl (C=O) groups is 2. The summed E-state index contributed by atoms with van der Waals surface area (Å²) in [7, 11) is 1.33. The lowest BCUT2D eigenvalue weighted by Gasteiger charge is -2.21. The fraction of sp³-hybridized carbons (Fsp3) is 0.467. The van der Waals surface area contributed by atoms with Crippen molar-refractivity contribution in [3.63, 3.8) is 0 Å².